The maximum absolute atomic E-state index is 5.51. The molecule has 0 fully saturated rings. The van der Waals surface area contributed by atoms with Gasteiger partial charge in [0.15, 0.2) is 0 Å². The molecule has 2 nitrogen and oxygen atoms in total. The van der Waals surface area contributed by atoms with Crippen LogP contribution in [0.4, 0.5) is 0 Å². The van der Waals surface area contributed by atoms with Gasteiger partial charge in [0.1, 0.15) is 5.75 Å². The third-order valence-electron chi connectivity index (χ3n) is 3.08. The summed E-state index contributed by atoms with van der Waals surface area (Å²) in [5.41, 5.74) is 2.82. The minimum atomic E-state index is 0.735. The number of aryl methyl sites for hydroxylation is 2. The van der Waals surface area contributed by atoms with Gasteiger partial charge in [0.25, 0.3) is 0 Å². The fraction of sp³-hybridized carbons (Fsp3) is 0.385. The number of hydrogen-bond donors (Lipinski definition) is 0. The second-order valence-electron chi connectivity index (χ2n) is 4.04. The zero-order valence-electron chi connectivity index (χ0n) is 8.99. The number of aromatic nitrogens is 1. The van der Waals surface area contributed by atoms with E-state index in [1.807, 2.05) is 6.92 Å². The molecule has 0 aliphatic carbocycles. The molecule has 1 aliphatic heterocycles. The molecule has 1 aliphatic rings. The Bertz CT molecular complexity index is 498. The highest BCUT2D eigenvalue weighted by molar-refractivity contribution is 5.83. The first-order chi connectivity index (χ1) is 7.38. The van der Waals surface area contributed by atoms with Crippen molar-refractivity contribution in [3.8, 4) is 5.75 Å². The van der Waals surface area contributed by atoms with Crippen molar-refractivity contribution in [1.29, 1.82) is 0 Å². The van der Waals surface area contributed by atoms with Crippen LogP contribution in [0.25, 0.3) is 10.9 Å². The van der Waals surface area contributed by atoms with Crippen molar-refractivity contribution >= 4 is 10.9 Å². The number of ether oxygens (including phenoxy) is 1. The summed E-state index contributed by atoms with van der Waals surface area (Å²) in [5, 5.41) is 1.32. The van der Waals surface area contributed by atoms with Crippen molar-refractivity contribution in [1.82, 2.24) is 4.57 Å². The molecule has 0 spiro atoms. The Morgan fingerprint density at radius 1 is 1.33 bits per heavy atom. The highest BCUT2D eigenvalue weighted by Crippen LogP contribution is 2.28. The molecule has 0 unspecified atom stereocenters. The molecular weight excluding hydrogens is 186 g/mol. The third-order valence-corrected chi connectivity index (χ3v) is 3.08. The van der Waals surface area contributed by atoms with Gasteiger partial charge in [-0.2, -0.15) is 0 Å². The summed E-state index contributed by atoms with van der Waals surface area (Å²) in [5.74, 6) is 0.981. The average molecular weight is 201 g/mol. The molecule has 0 radical (unpaired) electrons. The largest absolute Gasteiger partial charge is 0.494 e. The third kappa shape index (κ3) is 1.32. The Labute approximate surface area is 89.5 Å². The predicted octanol–water partition coefficient (Wildman–Crippen LogP) is 2.99. The minimum Gasteiger partial charge on any atom is -0.494 e. The van der Waals surface area contributed by atoms with Crippen molar-refractivity contribution in [3.63, 3.8) is 0 Å². The van der Waals surface area contributed by atoms with Gasteiger partial charge in [-0.05, 0) is 44.0 Å². The van der Waals surface area contributed by atoms with Crippen LogP contribution in [-0.4, -0.2) is 11.2 Å². The van der Waals surface area contributed by atoms with E-state index in [0.29, 0.717) is 0 Å². The highest BCUT2D eigenvalue weighted by atomic mass is 16.5. The normalized spacial score (nSPS) is 14.5. The van der Waals surface area contributed by atoms with Crippen LogP contribution in [0, 0.1) is 0 Å². The fourth-order valence-corrected chi connectivity index (χ4v) is 2.45. The molecular formula is C13H15NO. The number of hydrogen-bond acceptors (Lipinski definition) is 1. The number of fused-ring (bicyclic) bond motifs is 3. The van der Waals surface area contributed by atoms with Gasteiger partial charge in [0.05, 0.1) is 6.61 Å². The lowest BCUT2D eigenvalue weighted by molar-refractivity contribution is 0.340. The standard InChI is InChI=1S/C13H15NO/c1-2-15-12-5-6-13-10(9-12)8-11-4-3-7-14(11)13/h5-6,8-9H,2-4,7H2,1H3. The van der Waals surface area contributed by atoms with Crippen molar-refractivity contribution in [3.05, 3.63) is 30.0 Å². The Morgan fingerprint density at radius 3 is 3.13 bits per heavy atom. The molecule has 0 atom stereocenters. The van der Waals surface area contributed by atoms with Crippen LogP contribution in [-0.2, 0) is 13.0 Å². The summed E-state index contributed by atoms with van der Waals surface area (Å²) in [6.45, 7) is 3.93. The van der Waals surface area contributed by atoms with E-state index < -0.39 is 0 Å². The van der Waals surface area contributed by atoms with Crippen LogP contribution < -0.4 is 4.74 Å². The topological polar surface area (TPSA) is 14.2 Å². The second-order valence-corrected chi connectivity index (χ2v) is 4.04. The lowest BCUT2D eigenvalue weighted by atomic mass is 10.2. The number of rotatable bonds is 2. The molecule has 1 aromatic carbocycles. The van der Waals surface area contributed by atoms with E-state index >= 15 is 0 Å². The van der Waals surface area contributed by atoms with Crippen LogP contribution >= 0.6 is 0 Å². The summed E-state index contributed by atoms with van der Waals surface area (Å²) in [6.07, 6.45) is 2.51. The summed E-state index contributed by atoms with van der Waals surface area (Å²) < 4.78 is 7.93. The Hall–Kier alpha value is -1.44. The van der Waals surface area contributed by atoms with Gasteiger partial charge in [0.2, 0.25) is 0 Å². The molecule has 1 aromatic heterocycles. The SMILES string of the molecule is CCOc1ccc2c(c1)cc1n2CCC1. The van der Waals surface area contributed by atoms with E-state index in [0.717, 1.165) is 12.4 Å². The molecule has 78 valence electrons. The van der Waals surface area contributed by atoms with Gasteiger partial charge in [0, 0.05) is 23.1 Å². The molecule has 0 amide bonds. The Morgan fingerprint density at radius 2 is 2.27 bits per heavy atom. The predicted molar refractivity (Wildman–Crippen MR) is 61.4 cm³/mol. The summed E-state index contributed by atoms with van der Waals surface area (Å²) in [7, 11) is 0. The monoisotopic (exact) mass is 201 g/mol. The smallest absolute Gasteiger partial charge is 0.120 e. The lowest BCUT2D eigenvalue weighted by Gasteiger charge is -2.04. The average Bonchev–Trinajstić information content (AvgIpc) is 2.77. The summed E-state index contributed by atoms with van der Waals surface area (Å²) in [4.78, 5) is 0. The first-order valence-electron chi connectivity index (χ1n) is 5.63. The second kappa shape index (κ2) is 3.30. The zero-order valence-corrected chi connectivity index (χ0v) is 8.99. The van der Waals surface area contributed by atoms with Crippen LogP contribution in [0.2, 0.25) is 0 Å². The van der Waals surface area contributed by atoms with Crippen LogP contribution in [0.1, 0.15) is 19.0 Å². The van der Waals surface area contributed by atoms with Gasteiger partial charge >= 0.3 is 0 Å². The quantitative estimate of drug-likeness (QED) is 0.728. The number of nitrogens with zero attached hydrogens (tertiary/aromatic N) is 1. The van der Waals surface area contributed by atoms with E-state index in [1.165, 1.54) is 36.0 Å². The Balaban J connectivity index is 2.13. The molecule has 2 aromatic rings. The molecule has 2 heterocycles. The van der Waals surface area contributed by atoms with E-state index in [1.54, 1.807) is 0 Å². The van der Waals surface area contributed by atoms with Gasteiger partial charge in [-0.15, -0.1) is 0 Å². The van der Waals surface area contributed by atoms with E-state index in [9.17, 15) is 0 Å². The van der Waals surface area contributed by atoms with Crippen molar-refractivity contribution in [2.45, 2.75) is 26.3 Å². The molecule has 0 saturated heterocycles. The van der Waals surface area contributed by atoms with Crippen molar-refractivity contribution in [2.24, 2.45) is 0 Å². The van der Waals surface area contributed by atoms with Crippen LogP contribution in [0.15, 0.2) is 24.3 Å². The van der Waals surface area contributed by atoms with Crippen molar-refractivity contribution in [2.75, 3.05) is 6.61 Å². The zero-order chi connectivity index (χ0) is 10.3. The minimum absolute atomic E-state index is 0.735. The molecule has 0 N–H and O–H groups in total. The van der Waals surface area contributed by atoms with E-state index in [4.69, 9.17) is 4.74 Å². The number of benzene rings is 1. The molecule has 0 saturated carbocycles. The summed E-state index contributed by atoms with van der Waals surface area (Å²) in [6, 6.07) is 8.68. The first kappa shape index (κ1) is 8.84. The molecule has 0 bridgehead atoms. The van der Waals surface area contributed by atoms with E-state index in [2.05, 4.69) is 28.8 Å². The first-order valence-corrected chi connectivity index (χ1v) is 5.63. The van der Waals surface area contributed by atoms with Gasteiger partial charge in [-0.1, -0.05) is 0 Å². The lowest BCUT2D eigenvalue weighted by Crippen LogP contribution is -1.92. The fourth-order valence-electron chi connectivity index (χ4n) is 2.45. The Kier molecular flexibility index (Phi) is 1.94. The van der Waals surface area contributed by atoms with Gasteiger partial charge < -0.3 is 9.30 Å². The van der Waals surface area contributed by atoms with Gasteiger partial charge in [-0.25, -0.2) is 0 Å². The highest BCUT2D eigenvalue weighted by Gasteiger charge is 2.14. The molecule has 3 rings (SSSR count). The molecule has 15 heavy (non-hydrogen) atoms. The molecule has 2 heteroatoms. The van der Waals surface area contributed by atoms with E-state index in [-0.39, 0.29) is 0 Å². The van der Waals surface area contributed by atoms with Gasteiger partial charge in [-0.3, -0.25) is 0 Å². The van der Waals surface area contributed by atoms with Crippen LogP contribution in [0.5, 0.6) is 5.75 Å². The maximum atomic E-state index is 5.51. The maximum Gasteiger partial charge on any atom is 0.120 e. The van der Waals surface area contributed by atoms with Crippen molar-refractivity contribution < 1.29 is 4.74 Å². The van der Waals surface area contributed by atoms with Crippen LogP contribution in [0.3, 0.4) is 0 Å². The summed E-state index contributed by atoms with van der Waals surface area (Å²) >= 11 is 0.